The molecule has 21 heavy (non-hydrogen) atoms. The number of carboxylic acid groups (broad SMARTS) is 1. The number of aliphatic carboxylic acids is 1. The van der Waals surface area contributed by atoms with E-state index in [4.69, 9.17) is 10.2 Å². The van der Waals surface area contributed by atoms with Crippen molar-refractivity contribution in [3.05, 3.63) is 42.5 Å². The Bertz CT molecular complexity index is 752. The van der Waals surface area contributed by atoms with Crippen LogP contribution < -0.4 is 4.72 Å². The lowest BCUT2D eigenvalue weighted by Crippen LogP contribution is -2.41. The van der Waals surface area contributed by atoms with Crippen LogP contribution in [-0.2, 0) is 14.8 Å². The molecular weight excluding hydrogens is 294 g/mol. The molecule has 0 radical (unpaired) electrons. The van der Waals surface area contributed by atoms with Crippen LogP contribution in [0.25, 0.3) is 10.8 Å². The van der Waals surface area contributed by atoms with Crippen molar-refractivity contribution in [2.24, 2.45) is 0 Å². The van der Waals surface area contributed by atoms with Gasteiger partial charge in [0, 0.05) is 12.0 Å². The minimum absolute atomic E-state index is 0.0183. The lowest BCUT2D eigenvalue weighted by atomic mass is 10.1. The summed E-state index contributed by atoms with van der Waals surface area (Å²) in [5.74, 6) is -1.33. The summed E-state index contributed by atoms with van der Waals surface area (Å²) in [5.41, 5.74) is 0. The smallest absolute Gasteiger partial charge is 0.321 e. The number of aliphatic hydroxyl groups excluding tert-OH is 1. The molecule has 0 amide bonds. The fourth-order valence-corrected chi connectivity index (χ4v) is 3.50. The number of fused-ring (bicyclic) bond motifs is 1. The maximum atomic E-state index is 12.4. The fraction of sp³-hybridized carbons (Fsp3) is 0.214. The average Bonchev–Trinajstić information content (AvgIpc) is 2.46. The van der Waals surface area contributed by atoms with E-state index in [1.165, 1.54) is 6.07 Å². The Morgan fingerprint density at radius 1 is 1.14 bits per heavy atom. The van der Waals surface area contributed by atoms with Crippen molar-refractivity contribution < 1.29 is 23.4 Å². The molecule has 0 saturated carbocycles. The van der Waals surface area contributed by atoms with Gasteiger partial charge in [0.1, 0.15) is 6.04 Å². The van der Waals surface area contributed by atoms with Crippen molar-refractivity contribution in [2.75, 3.05) is 6.61 Å². The molecule has 0 bridgehead atoms. The van der Waals surface area contributed by atoms with Crippen molar-refractivity contribution >= 4 is 26.8 Å². The number of nitrogens with one attached hydrogen (secondary N) is 1. The maximum Gasteiger partial charge on any atom is 0.321 e. The molecule has 1 atom stereocenters. The second kappa shape index (κ2) is 6.21. The Kier molecular flexibility index (Phi) is 4.56. The molecule has 112 valence electrons. The van der Waals surface area contributed by atoms with E-state index in [0.29, 0.717) is 5.39 Å². The van der Waals surface area contributed by atoms with Crippen LogP contribution in [0.1, 0.15) is 6.42 Å². The van der Waals surface area contributed by atoms with E-state index in [2.05, 4.69) is 4.72 Å². The summed E-state index contributed by atoms with van der Waals surface area (Å²) in [7, 11) is -4.00. The first kappa shape index (κ1) is 15.4. The largest absolute Gasteiger partial charge is 0.480 e. The van der Waals surface area contributed by atoms with Crippen molar-refractivity contribution in [1.82, 2.24) is 4.72 Å². The predicted molar refractivity (Wildman–Crippen MR) is 77.4 cm³/mol. The zero-order chi connectivity index (χ0) is 15.5. The maximum absolute atomic E-state index is 12.4. The van der Waals surface area contributed by atoms with Crippen LogP contribution in [0.4, 0.5) is 0 Å². The van der Waals surface area contributed by atoms with E-state index in [-0.39, 0.29) is 11.3 Å². The third-order valence-electron chi connectivity index (χ3n) is 3.05. The molecule has 0 fully saturated rings. The molecular formula is C14H15NO5S. The molecule has 3 N–H and O–H groups in total. The number of hydrogen-bond donors (Lipinski definition) is 3. The third kappa shape index (κ3) is 3.38. The van der Waals surface area contributed by atoms with Gasteiger partial charge in [-0.3, -0.25) is 4.79 Å². The van der Waals surface area contributed by atoms with Gasteiger partial charge < -0.3 is 10.2 Å². The van der Waals surface area contributed by atoms with Crippen LogP contribution in [-0.4, -0.2) is 37.2 Å². The molecule has 0 aliphatic rings. The van der Waals surface area contributed by atoms with Gasteiger partial charge in [0.05, 0.1) is 4.90 Å². The number of carbonyl (C=O) groups is 1. The molecule has 0 aliphatic carbocycles. The molecule has 2 aromatic carbocycles. The number of benzene rings is 2. The Morgan fingerprint density at radius 2 is 1.81 bits per heavy atom. The van der Waals surface area contributed by atoms with Gasteiger partial charge in [0.2, 0.25) is 10.0 Å². The summed E-state index contributed by atoms with van der Waals surface area (Å²) in [4.78, 5) is 11.0. The lowest BCUT2D eigenvalue weighted by Gasteiger charge is -2.14. The Balaban J connectivity index is 2.44. The molecule has 0 aliphatic heterocycles. The van der Waals surface area contributed by atoms with Gasteiger partial charge in [-0.25, -0.2) is 8.42 Å². The Hall–Kier alpha value is -1.96. The topological polar surface area (TPSA) is 104 Å². The highest BCUT2D eigenvalue weighted by atomic mass is 32.2. The Morgan fingerprint density at radius 3 is 2.48 bits per heavy atom. The molecule has 0 spiro atoms. The normalized spacial score (nSPS) is 13.2. The number of rotatable bonds is 6. The molecule has 2 rings (SSSR count). The van der Waals surface area contributed by atoms with Crippen LogP contribution in [0.3, 0.4) is 0 Å². The van der Waals surface area contributed by atoms with Gasteiger partial charge in [0.15, 0.2) is 0 Å². The summed E-state index contributed by atoms with van der Waals surface area (Å²) in [5, 5.41) is 19.1. The van der Waals surface area contributed by atoms with Crippen LogP contribution in [0.2, 0.25) is 0 Å². The van der Waals surface area contributed by atoms with Gasteiger partial charge in [-0.15, -0.1) is 0 Å². The number of aliphatic hydroxyl groups is 1. The lowest BCUT2D eigenvalue weighted by molar-refractivity contribution is -0.139. The van der Waals surface area contributed by atoms with Gasteiger partial charge in [-0.2, -0.15) is 4.72 Å². The summed E-state index contributed by atoms with van der Waals surface area (Å²) >= 11 is 0. The minimum Gasteiger partial charge on any atom is -0.480 e. The van der Waals surface area contributed by atoms with E-state index >= 15 is 0 Å². The first-order chi connectivity index (χ1) is 9.95. The monoisotopic (exact) mass is 309 g/mol. The second-order valence-electron chi connectivity index (χ2n) is 4.50. The molecule has 0 saturated heterocycles. The van der Waals surface area contributed by atoms with Crippen LogP contribution in [0, 0.1) is 0 Å². The van der Waals surface area contributed by atoms with E-state index in [1.807, 2.05) is 0 Å². The highest BCUT2D eigenvalue weighted by Gasteiger charge is 2.26. The summed E-state index contributed by atoms with van der Waals surface area (Å²) < 4.78 is 26.9. The van der Waals surface area contributed by atoms with Gasteiger partial charge in [-0.05, 0) is 17.9 Å². The number of hydrogen-bond acceptors (Lipinski definition) is 4. The molecule has 2 aromatic rings. The number of sulfonamides is 1. The molecule has 7 heteroatoms. The van der Waals surface area contributed by atoms with Crippen molar-refractivity contribution in [1.29, 1.82) is 0 Å². The van der Waals surface area contributed by atoms with Gasteiger partial charge >= 0.3 is 5.97 Å². The standard InChI is InChI=1S/C14H15NO5S/c16-9-8-12(14(17)18)15-21(19,20)13-7-3-5-10-4-1-2-6-11(10)13/h1-7,12,15-16H,8-9H2,(H,17,18)/t12-/m0/s1. The zero-order valence-electron chi connectivity index (χ0n) is 11.1. The quantitative estimate of drug-likeness (QED) is 0.737. The first-order valence-corrected chi connectivity index (χ1v) is 7.78. The highest BCUT2D eigenvalue weighted by Crippen LogP contribution is 2.22. The Labute approximate surface area is 122 Å². The predicted octanol–water partition coefficient (Wildman–Crippen LogP) is 0.954. The molecule has 0 heterocycles. The van der Waals surface area contributed by atoms with E-state index in [0.717, 1.165) is 5.39 Å². The summed E-state index contributed by atoms with van der Waals surface area (Å²) in [6.07, 6.45) is -0.195. The molecule has 6 nitrogen and oxygen atoms in total. The first-order valence-electron chi connectivity index (χ1n) is 6.29. The van der Waals surface area contributed by atoms with E-state index in [9.17, 15) is 13.2 Å². The van der Waals surface area contributed by atoms with Crippen LogP contribution in [0.15, 0.2) is 47.4 Å². The van der Waals surface area contributed by atoms with Crippen molar-refractivity contribution in [2.45, 2.75) is 17.4 Å². The molecule has 0 aromatic heterocycles. The van der Waals surface area contributed by atoms with Gasteiger partial charge in [-0.1, -0.05) is 36.4 Å². The fourth-order valence-electron chi connectivity index (χ4n) is 2.04. The van der Waals surface area contributed by atoms with Crippen LogP contribution in [0.5, 0.6) is 0 Å². The summed E-state index contributed by atoms with van der Waals surface area (Å²) in [6, 6.07) is 10.4. The van der Waals surface area contributed by atoms with Crippen molar-refractivity contribution in [3.8, 4) is 0 Å². The van der Waals surface area contributed by atoms with E-state index < -0.39 is 28.6 Å². The second-order valence-corrected chi connectivity index (χ2v) is 6.18. The average molecular weight is 309 g/mol. The SMILES string of the molecule is O=C(O)[C@H](CCO)NS(=O)(=O)c1cccc2ccccc12. The minimum atomic E-state index is -4.00. The van der Waals surface area contributed by atoms with Crippen molar-refractivity contribution in [3.63, 3.8) is 0 Å². The zero-order valence-corrected chi connectivity index (χ0v) is 11.9. The summed E-state index contributed by atoms with van der Waals surface area (Å²) in [6.45, 7) is -0.422. The van der Waals surface area contributed by atoms with Crippen LogP contribution >= 0.6 is 0 Å². The molecule has 0 unspecified atom stereocenters. The van der Waals surface area contributed by atoms with Gasteiger partial charge in [0.25, 0.3) is 0 Å². The third-order valence-corrected chi connectivity index (χ3v) is 4.58. The highest BCUT2D eigenvalue weighted by molar-refractivity contribution is 7.89. The number of carboxylic acids is 1. The van der Waals surface area contributed by atoms with E-state index in [1.54, 1.807) is 36.4 Å².